The molecule has 2 atom stereocenters. The first-order valence-electron chi connectivity index (χ1n) is 13.0. The van der Waals surface area contributed by atoms with Crippen molar-refractivity contribution in [2.45, 2.75) is 36.3 Å². The lowest BCUT2D eigenvalue weighted by molar-refractivity contribution is -0.384. The van der Waals surface area contributed by atoms with E-state index in [1.54, 1.807) is 43.3 Å². The normalized spacial score (nSPS) is 17.9. The molecule has 2 aliphatic heterocycles. The third kappa shape index (κ3) is 6.54. The summed E-state index contributed by atoms with van der Waals surface area (Å²) < 4.78 is 37.0. The average Bonchev–Trinajstić information content (AvgIpc) is 2.99. The molecule has 3 aromatic rings. The summed E-state index contributed by atoms with van der Waals surface area (Å²) in [5.74, 6) is -2.44. The minimum Gasteiger partial charge on any atom is -0.456 e. The lowest BCUT2D eigenvalue weighted by Crippen LogP contribution is -2.70. The van der Waals surface area contributed by atoms with Crippen LogP contribution in [0.2, 0.25) is 0 Å². The number of β-lactam (4-membered cyclic amide) rings is 1. The van der Waals surface area contributed by atoms with Gasteiger partial charge in [0.1, 0.15) is 22.9 Å². The Hall–Kier alpha value is -4.69. The molecule has 0 spiro atoms. The summed E-state index contributed by atoms with van der Waals surface area (Å²) >= 11 is 1.13. The van der Waals surface area contributed by atoms with Gasteiger partial charge in [0, 0.05) is 12.1 Å². The molecule has 222 valence electrons. The maximum Gasteiger partial charge on any atom is 0.359 e. The van der Waals surface area contributed by atoms with Crippen molar-refractivity contribution in [1.82, 2.24) is 10.2 Å². The summed E-state index contributed by atoms with van der Waals surface area (Å²) in [4.78, 5) is 50.6. The first-order chi connectivity index (χ1) is 20.5. The minimum absolute atomic E-state index is 0.0468. The molecule has 2 aliphatic rings. The van der Waals surface area contributed by atoms with Crippen LogP contribution in [-0.4, -0.2) is 53.2 Å². The molecule has 14 heteroatoms. The van der Waals surface area contributed by atoms with Gasteiger partial charge >= 0.3 is 16.1 Å². The maximum absolute atomic E-state index is 13.4. The van der Waals surface area contributed by atoms with Crippen LogP contribution in [-0.2, 0) is 46.4 Å². The Kier molecular flexibility index (Phi) is 8.50. The van der Waals surface area contributed by atoms with Gasteiger partial charge in [0.2, 0.25) is 5.91 Å². The van der Waals surface area contributed by atoms with Crippen LogP contribution in [0.25, 0.3) is 0 Å². The molecule has 0 radical (unpaired) electrons. The number of hydrogen-bond acceptors (Lipinski definition) is 10. The van der Waals surface area contributed by atoms with E-state index in [4.69, 9.17) is 8.92 Å². The number of aryl methyl sites for hydroxylation is 1. The van der Waals surface area contributed by atoms with Gasteiger partial charge in [-0.1, -0.05) is 48.0 Å². The third-order valence-corrected chi connectivity index (χ3v) is 9.21. The Morgan fingerprint density at radius 2 is 1.70 bits per heavy atom. The number of nitrogens with one attached hydrogen (secondary N) is 1. The number of carbonyl (C=O) groups excluding carboxylic acids is 3. The van der Waals surface area contributed by atoms with E-state index in [-0.39, 0.29) is 46.7 Å². The number of hydrogen-bond donors (Lipinski definition) is 1. The fraction of sp³-hybridized carbons (Fsp3) is 0.207. The first-order valence-corrected chi connectivity index (χ1v) is 15.4. The number of ether oxygens (including phenoxy) is 1. The van der Waals surface area contributed by atoms with Crippen LogP contribution >= 0.6 is 11.8 Å². The van der Waals surface area contributed by atoms with E-state index in [0.29, 0.717) is 5.56 Å². The number of benzene rings is 3. The predicted octanol–water partition coefficient (Wildman–Crippen LogP) is 3.21. The lowest BCUT2D eigenvalue weighted by Gasteiger charge is -2.49. The van der Waals surface area contributed by atoms with E-state index in [0.717, 1.165) is 27.8 Å². The Morgan fingerprint density at radius 1 is 1.02 bits per heavy atom. The first kappa shape index (κ1) is 29.8. The van der Waals surface area contributed by atoms with Gasteiger partial charge in [-0.05, 0) is 42.3 Å². The lowest BCUT2D eigenvalue weighted by atomic mass is 10.0. The number of non-ortho nitro benzene ring substituents is 1. The molecule has 5 rings (SSSR count). The SMILES string of the molecule is Cc1ccc(S(=O)(=O)OC2=C(C(=O)OCc3ccc([N+](=O)[O-])cc3)N3C(=O)C(NC(=O)Cc4ccccc4)[C@H]3SC2)cc1. The molecular formula is C29H25N3O9S2. The molecule has 0 aliphatic carbocycles. The van der Waals surface area contributed by atoms with Crippen molar-refractivity contribution in [3.05, 3.63) is 117 Å². The molecule has 2 heterocycles. The fourth-order valence-corrected chi connectivity index (χ4v) is 6.76. The average molecular weight is 624 g/mol. The standard InChI is InChI=1S/C29H25N3O9S2/c1-18-7-13-22(14-8-18)43(38,39)41-23-17-42-28-25(30-24(33)15-19-5-3-2-4-6-19)27(34)31(28)26(23)29(35)40-16-20-9-11-21(12-10-20)32(36)37/h2-14,25,28H,15-17H2,1H3,(H,30,33)/t25?,28-/m1/s1. The molecule has 0 bridgehead atoms. The van der Waals surface area contributed by atoms with E-state index >= 15 is 0 Å². The van der Waals surface area contributed by atoms with Crippen LogP contribution < -0.4 is 5.32 Å². The van der Waals surface area contributed by atoms with Gasteiger partial charge in [0.05, 0.1) is 17.1 Å². The largest absolute Gasteiger partial charge is 0.456 e. The molecule has 1 unspecified atom stereocenters. The van der Waals surface area contributed by atoms with E-state index in [9.17, 15) is 32.9 Å². The van der Waals surface area contributed by atoms with Crippen molar-refractivity contribution >= 4 is 45.4 Å². The molecule has 0 aromatic heterocycles. The van der Waals surface area contributed by atoms with Crippen LogP contribution in [0.15, 0.2) is 95.2 Å². The number of nitro groups is 1. The van der Waals surface area contributed by atoms with E-state index in [1.165, 1.54) is 36.4 Å². The van der Waals surface area contributed by atoms with Gasteiger partial charge in [-0.25, -0.2) is 4.79 Å². The third-order valence-electron chi connectivity index (χ3n) is 6.69. The number of nitrogens with zero attached hydrogens (tertiary/aromatic N) is 2. The zero-order chi connectivity index (χ0) is 30.7. The van der Waals surface area contributed by atoms with Crippen molar-refractivity contribution in [2.75, 3.05) is 5.75 Å². The second-order valence-electron chi connectivity index (χ2n) is 9.74. The summed E-state index contributed by atoms with van der Waals surface area (Å²) in [7, 11) is -4.38. The number of amides is 2. The van der Waals surface area contributed by atoms with Gasteiger partial charge in [0.25, 0.3) is 11.6 Å². The van der Waals surface area contributed by atoms with Gasteiger partial charge < -0.3 is 14.2 Å². The molecule has 43 heavy (non-hydrogen) atoms. The van der Waals surface area contributed by atoms with Crippen LogP contribution in [0.5, 0.6) is 0 Å². The van der Waals surface area contributed by atoms with Crippen molar-refractivity contribution in [3.8, 4) is 0 Å². The highest BCUT2D eigenvalue weighted by molar-refractivity contribution is 8.00. The Bertz CT molecular complexity index is 1710. The van der Waals surface area contributed by atoms with E-state index in [2.05, 4.69) is 5.32 Å². The number of esters is 1. The second-order valence-corrected chi connectivity index (χ2v) is 12.4. The highest BCUT2D eigenvalue weighted by Crippen LogP contribution is 2.42. The highest BCUT2D eigenvalue weighted by Gasteiger charge is 2.55. The Balaban J connectivity index is 1.38. The van der Waals surface area contributed by atoms with Crippen LogP contribution in [0, 0.1) is 17.0 Å². The van der Waals surface area contributed by atoms with Gasteiger partial charge in [-0.15, -0.1) is 11.8 Å². The van der Waals surface area contributed by atoms with Crippen molar-refractivity contribution in [1.29, 1.82) is 0 Å². The van der Waals surface area contributed by atoms with Crippen molar-refractivity contribution < 1.29 is 36.6 Å². The van der Waals surface area contributed by atoms with Crippen molar-refractivity contribution in [3.63, 3.8) is 0 Å². The maximum atomic E-state index is 13.4. The number of thioether (sulfide) groups is 1. The molecule has 1 fully saturated rings. The second kappa shape index (κ2) is 12.3. The zero-order valence-corrected chi connectivity index (χ0v) is 24.3. The molecule has 1 N–H and O–H groups in total. The van der Waals surface area contributed by atoms with Crippen LogP contribution in [0.4, 0.5) is 5.69 Å². The number of carbonyl (C=O) groups is 3. The molecule has 12 nitrogen and oxygen atoms in total. The van der Waals surface area contributed by atoms with Gasteiger partial charge in [-0.3, -0.25) is 24.6 Å². The summed E-state index contributed by atoms with van der Waals surface area (Å²) in [6, 6.07) is 19.3. The summed E-state index contributed by atoms with van der Waals surface area (Å²) in [6.07, 6.45) is 0.0468. The Labute approximate surface area is 250 Å². The monoisotopic (exact) mass is 623 g/mol. The fourth-order valence-electron chi connectivity index (χ4n) is 4.47. The van der Waals surface area contributed by atoms with Gasteiger partial charge in [0.15, 0.2) is 11.5 Å². The predicted molar refractivity (Wildman–Crippen MR) is 155 cm³/mol. The molecule has 0 saturated carbocycles. The summed E-state index contributed by atoms with van der Waals surface area (Å²) in [5.41, 5.74) is 1.48. The number of rotatable bonds is 10. The van der Waals surface area contributed by atoms with Crippen molar-refractivity contribution in [2.24, 2.45) is 0 Å². The smallest absolute Gasteiger partial charge is 0.359 e. The molecule has 3 aromatic carbocycles. The van der Waals surface area contributed by atoms with Gasteiger partial charge in [-0.2, -0.15) is 8.42 Å². The zero-order valence-electron chi connectivity index (χ0n) is 22.7. The highest BCUT2D eigenvalue weighted by atomic mass is 32.2. The van der Waals surface area contributed by atoms with Crippen LogP contribution in [0.3, 0.4) is 0 Å². The molecular weight excluding hydrogens is 598 g/mol. The topological polar surface area (TPSA) is 162 Å². The summed E-state index contributed by atoms with van der Waals surface area (Å²) in [6.45, 7) is 1.48. The molecule has 2 amide bonds. The number of fused-ring (bicyclic) bond motifs is 1. The Morgan fingerprint density at radius 3 is 2.35 bits per heavy atom. The van der Waals surface area contributed by atoms with Crippen LogP contribution in [0.1, 0.15) is 16.7 Å². The minimum atomic E-state index is -4.38. The quantitative estimate of drug-likeness (QED) is 0.117. The summed E-state index contributed by atoms with van der Waals surface area (Å²) in [5, 5.41) is 12.9. The van der Waals surface area contributed by atoms with E-state index in [1.807, 2.05) is 6.07 Å². The molecule has 1 saturated heterocycles. The number of nitro benzene ring substituents is 1. The van der Waals surface area contributed by atoms with E-state index < -0.39 is 38.3 Å².